The average molecular weight is 546 g/mol. The summed E-state index contributed by atoms with van der Waals surface area (Å²) in [5.41, 5.74) is 1.57. The van der Waals surface area contributed by atoms with Crippen molar-refractivity contribution in [2.45, 2.75) is 26.6 Å². The fourth-order valence-corrected chi connectivity index (χ4v) is 3.70. The highest BCUT2D eigenvalue weighted by Crippen LogP contribution is 2.28. The van der Waals surface area contributed by atoms with Crippen LogP contribution in [-0.4, -0.2) is 51.3 Å². The fourth-order valence-electron chi connectivity index (χ4n) is 3.70. The first-order chi connectivity index (χ1) is 18.4. The average Bonchev–Trinajstić information content (AvgIpc) is 3.26. The Morgan fingerprint density at radius 2 is 1.90 bits per heavy atom. The molecule has 0 unspecified atom stereocenters. The molecule has 39 heavy (non-hydrogen) atoms. The van der Waals surface area contributed by atoms with Crippen LogP contribution in [-0.2, 0) is 11.3 Å². The predicted octanol–water partition coefficient (Wildman–Crippen LogP) is 4.08. The van der Waals surface area contributed by atoms with Crippen LogP contribution >= 0.6 is 0 Å². The molecule has 0 bridgehead atoms. The van der Waals surface area contributed by atoms with E-state index in [4.69, 9.17) is 9.47 Å². The van der Waals surface area contributed by atoms with E-state index in [1.54, 1.807) is 19.1 Å². The molecular formula is C25H22F4N6O4. The molecule has 0 aliphatic rings. The van der Waals surface area contributed by atoms with Gasteiger partial charge < -0.3 is 20.1 Å². The van der Waals surface area contributed by atoms with Gasteiger partial charge in [0.15, 0.2) is 18.1 Å². The molecule has 204 valence electrons. The first-order valence-corrected chi connectivity index (χ1v) is 11.4. The zero-order chi connectivity index (χ0) is 28.3. The number of halogens is 4. The number of nitrogens with zero attached hydrogens (tertiary/aromatic N) is 4. The van der Waals surface area contributed by atoms with Crippen molar-refractivity contribution in [1.29, 1.82) is 0 Å². The summed E-state index contributed by atoms with van der Waals surface area (Å²) in [5, 5.41) is 9.53. The summed E-state index contributed by atoms with van der Waals surface area (Å²) < 4.78 is 63.7. The number of anilines is 1. The van der Waals surface area contributed by atoms with E-state index in [0.717, 1.165) is 6.07 Å². The number of amides is 2. The Hall–Kier alpha value is -4.75. The molecule has 0 saturated heterocycles. The molecule has 2 N–H and O–H groups in total. The molecule has 0 atom stereocenters. The van der Waals surface area contributed by atoms with E-state index < -0.39 is 31.1 Å². The van der Waals surface area contributed by atoms with E-state index in [1.807, 2.05) is 0 Å². The van der Waals surface area contributed by atoms with Gasteiger partial charge in [0.25, 0.3) is 5.91 Å². The number of hydrogen-bond acceptors (Lipinski definition) is 7. The number of aryl methyl sites for hydroxylation is 1. The minimum atomic E-state index is -4.62. The maximum atomic E-state index is 14.4. The van der Waals surface area contributed by atoms with Crippen molar-refractivity contribution in [2.75, 3.05) is 19.0 Å². The zero-order valence-electron chi connectivity index (χ0n) is 20.9. The number of nitrogens with one attached hydrogen (secondary N) is 2. The summed E-state index contributed by atoms with van der Waals surface area (Å²) >= 11 is 0. The normalized spacial score (nSPS) is 11.4. The molecule has 2 amide bonds. The van der Waals surface area contributed by atoms with Gasteiger partial charge in [-0.25, -0.2) is 18.9 Å². The number of ether oxygens (including phenoxy) is 2. The van der Waals surface area contributed by atoms with Crippen molar-refractivity contribution in [3.8, 4) is 22.9 Å². The molecule has 4 aromatic rings. The van der Waals surface area contributed by atoms with Gasteiger partial charge in [0.05, 0.1) is 24.7 Å². The maximum Gasteiger partial charge on any atom is 0.422 e. The maximum absolute atomic E-state index is 14.4. The lowest BCUT2D eigenvalue weighted by Crippen LogP contribution is -2.25. The topological polar surface area (TPSA) is 120 Å². The van der Waals surface area contributed by atoms with Crippen molar-refractivity contribution in [3.05, 3.63) is 65.2 Å². The number of fused-ring (bicyclic) bond motifs is 1. The number of alkyl halides is 3. The third kappa shape index (κ3) is 6.40. The smallest absolute Gasteiger partial charge is 0.422 e. The minimum absolute atomic E-state index is 0.0151. The minimum Gasteiger partial charge on any atom is -0.484 e. The Bertz CT molecular complexity index is 1550. The second-order valence-electron chi connectivity index (χ2n) is 8.31. The SMILES string of the molecule is COc1nc(C)c(-c2ccc3nc(NC(C)=O)cn3n2)cc1C(=O)NCc1c(F)cccc1OCC(F)(F)F. The number of rotatable bonds is 8. The molecule has 4 rings (SSSR count). The number of aromatic nitrogens is 4. The van der Waals surface area contributed by atoms with E-state index in [2.05, 4.69) is 25.7 Å². The molecule has 3 aromatic heterocycles. The summed E-state index contributed by atoms with van der Waals surface area (Å²) in [6.07, 6.45) is -3.10. The number of pyridine rings is 1. The molecule has 14 heteroatoms. The Morgan fingerprint density at radius 3 is 2.59 bits per heavy atom. The summed E-state index contributed by atoms with van der Waals surface area (Å²) in [6.45, 7) is 0.962. The predicted molar refractivity (Wildman–Crippen MR) is 131 cm³/mol. The van der Waals surface area contributed by atoms with Gasteiger partial charge in [0.1, 0.15) is 17.1 Å². The van der Waals surface area contributed by atoms with E-state index in [9.17, 15) is 27.2 Å². The van der Waals surface area contributed by atoms with Gasteiger partial charge in [-0.3, -0.25) is 9.59 Å². The van der Waals surface area contributed by atoms with Gasteiger partial charge in [-0.15, -0.1) is 0 Å². The number of carbonyl (C=O) groups is 2. The highest BCUT2D eigenvalue weighted by molar-refractivity contribution is 5.97. The van der Waals surface area contributed by atoms with E-state index in [0.29, 0.717) is 28.4 Å². The third-order valence-electron chi connectivity index (χ3n) is 5.41. The van der Waals surface area contributed by atoms with Crippen molar-refractivity contribution >= 4 is 23.3 Å². The van der Waals surface area contributed by atoms with Crippen molar-refractivity contribution < 1.29 is 36.6 Å². The van der Waals surface area contributed by atoms with Crippen LogP contribution < -0.4 is 20.1 Å². The van der Waals surface area contributed by atoms with Crippen LogP contribution in [0, 0.1) is 12.7 Å². The Kier molecular flexibility index (Phi) is 7.65. The molecule has 1 aromatic carbocycles. The van der Waals surface area contributed by atoms with Crippen LogP contribution in [0.25, 0.3) is 16.9 Å². The first kappa shape index (κ1) is 27.3. The van der Waals surface area contributed by atoms with Crippen LogP contribution in [0.3, 0.4) is 0 Å². The number of benzene rings is 1. The second-order valence-corrected chi connectivity index (χ2v) is 8.31. The summed E-state index contributed by atoms with van der Waals surface area (Å²) in [7, 11) is 1.32. The highest BCUT2D eigenvalue weighted by Gasteiger charge is 2.29. The molecule has 0 fully saturated rings. The molecule has 0 spiro atoms. The van der Waals surface area contributed by atoms with Crippen molar-refractivity contribution in [1.82, 2.24) is 24.9 Å². The Morgan fingerprint density at radius 1 is 1.13 bits per heavy atom. The molecule has 0 aliphatic heterocycles. The van der Waals surface area contributed by atoms with Gasteiger partial charge in [-0.2, -0.15) is 18.3 Å². The monoisotopic (exact) mass is 546 g/mol. The highest BCUT2D eigenvalue weighted by atomic mass is 19.4. The van der Waals surface area contributed by atoms with E-state index >= 15 is 0 Å². The van der Waals surface area contributed by atoms with Crippen LogP contribution in [0.1, 0.15) is 28.5 Å². The molecule has 10 nitrogen and oxygen atoms in total. The third-order valence-corrected chi connectivity index (χ3v) is 5.41. The van der Waals surface area contributed by atoms with Crippen molar-refractivity contribution in [2.24, 2.45) is 0 Å². The summed E-state index contributed by atoms with van der Waals surface area (Å²) in [5.74, 6) is -1.92. The lowest BCUT2D eigenvalue weighted by Gasteiger charge is -2.15. The summed E-state index contributed by atoms with van der Waals surface area (Å²) in [4.78, 5) is 33.0. The Labute approximate surface area is 219 Å². The lowest BCUT2D eigenvalue weighted by atomic mass is 10.1. The molecule has 0 radical (unpaired) electrons. The van der Waals surface area contributed by atoms with Crippen LogP contribution in [0.5, 0.6) is 11.6 Å². The van der Waals surface area contributed by atoms with Gasteiger partial charge in [-0.1, -0.05) is 6.07 Å². The van der Waals surface area contributed by atoms with Crippen LogP contribution in [0.4, 0.5) is 23.4 Å². The van der Waals surface area contributed by atoms with Gasteiger partial charge >= 0.3 is 6.18 Å². The molecule has 3 heterocycles. The quantitative estimate of drug-likeness (QED) is 0.320. The Balaban J connectivity index is 1.62. The van der Waals surface area contributed by atoms with Crippen molar-refractivity contribution in [3.63, 3.8) is 0 Å². The summed E-state index contributed by atoms with van der Waals surface area (Å²) in [6, 6.07) is 8.23. The van der Waals surface area contributed by atoms with E-state index in [1.165, 1.54) is 42.9 Å². The number of imidazole rings is 1. The van der Waals surface area contributed by atoms with Crippen LogP contribution in [0.15, 0.2) is 42.6 Å². The van der Waals surface area contributed by atoms with E-state index in [-0.39, 0.29) is 28.7 Å². The van der Waals surface area contributed by atoms with Gasteiger partial charge in [0, 0.05) is 24.6 Å². The largest absolute Gasteiger partial charge is 0.484 e. The molecular weight excluding hydrogens is 524 g/mol. The number of methoxy groups -OCH3 is 1. The fraction of sp³-hybridized carbons (Fsp3) is 0.240. The van der Waals surface area contributed by atoms with Gasteiger partial charge in [0.2, 0.25) is 11.8 Å². The zero-order valence-corrected chi connectivity index (χ0v) is 20.9. The first-order valence-electron chi connectivity index (χ1n) is 11.4. The van der Waals surface area contributed by atoms with Crippen LogP contribution in [0.2, 0.25) is 0 Å². The van der Waals surface area contributed by atoms with Gasteiger partial charge in [-0.05, 0) is 37.3 Å². The number of hydrogen-bond donors (Lipinski definition) is 2. The molecule has 0 aliphatic carbocycles. The number of carbonyl (C=O) groups excluding carboxylic acids is 2. The second kappa shape index (κ2) is 10.9. The standard InChI is InChI=1S/C25H22F4N6O4/c1-13-15(19-7-8-22-33-21(32-14(2)36)11-35(22)34-19)9-16(24(31-13)38-3)23(37)30-10-17-18(26)5-4-6-20(17)39-12-25(27,28)29/h4-9,11H,10,12H2,1-3H3,(H,30,37)(H,32,36). The lowest BCUT2D eigenvalue weighted by molar-refractivity contribution is -0.153. The molecule has 0 saturated carbocycles.